The number of nitrogens with zero attached hydrogens (tertiary/aromatic N) is 1. The molecule has 1 rings (SSSR count). The largest absolute Gasteiger partial charge is 0.157 e. The van der Waals surface area contributed by atoms with Crippen LogP contribution in [0.5, 0.6) is 0 Å². The lowest BCUT2D eigenvalue weighted by molar-refractivity contribution is -0.794. The van der Waals surface area contributed by atoms with E-state index in [1.54, 1.807) is 6.21 Å². The molecule has 48 valence electrons. The molecule has 0 aromatic carbocycles. The fraction of sp³-hybridized carbons (Fsp3) is 0.286. The van der Waals surface area contributed by atoms with Gasteiger partial charge in [-0.15, -0.1) is 0 Å². The third-order valence-corrected chi connectivity index (χ3v) is 1.10. The summed E-state index contributed by atoms with van der Waals surface area (Å²) in [4.78, 5) is 0. The molecule has 0 spiro atoms. The quantitative estimate of drug-likeness (QED) is 0.544. The van der Waals surface area contributed by atoms with Gasteiger partial charge in [0.05, 0.1) is 6.21 Å². The summed E-state index contributed by atoms with van der Waals surface area (Å²) in [6.45, 7) is 2.11. The van der Waals surface area contributed by atoms with E-state index in [1.165, 1.54) is 0 Å². The molecule has 1 heterocycles. The Morgan fingerprint density at radius 1 is 1.67 bits per heavy atom. The lowest BCUT2D eigenvalue weighted by atomic mass is 10.5. The molecule has 0 radical (unpaired) electrons. The molecule has 1 aliphatic rings. The van der Waals surface area contributed by atoms with Gasteiger partial charge in [0.1, 0.15) is 12.4 Å². The SMILES string of the molecule is CCC=C[NH+]1C=CC=N1. The van der Waals surface area contributed by atoms with E-state index in [1.807, 2.05) is 18.5 Å². The molecule has 0 saturated carbocycles. The minimum atomic E-state index is 1.05. The summed E-state index contributed by atoms with van der Waals surface area (Å²) in [7, 11) is 0. The van der Waals surface area contributed by atoms with E-state index in [-0.39, 0.29) is 0 Å². The lowest BCUT2D eigenvalue weighted by Gasteiger charge is -1.92. The number of hydrogen-bond donors (Lipinski definition) is 1. The van der Waals surface area contributed by atoms with Crippen molar-refractivity contribution in [2.75, 3.05) is 0 Å². The van der Waals surface area contributed by atoms with Crippen molar-refractivity contribution in [1.82, 2.24) is 0 Å². The molecule has 0 aliphatic carbocycles. The highest BCUT2D eigenvalue weighted by molar-refractivity contribution is 5.70. The Labute approximate surface area is 55.2 Å². The second kappa shape index (κ2) is 3.20. The number of hydrogen-bond acceptors (Lipinski definition) is 1. The summed E-state index contributed by atoms with van der Waals surface area (Å²) in [5.41, 5.74) is 0. The Kier molecular flexibility index (Phi) is 2.22. The first-order valence-electron chi connectivity index (χ1n) is 3.17. The van der Waals surface area contributed by atoms with Crippen molar-refractivity contribution in [2.45, 2.75) is 13.3 Å². The van der Waals surface area contributed by atoms with Crippen LogP contribution < -0.4 is 5.01 Å². The summed E-state index contributed by atoms with van der Waals surface area (Å²) < 4.78 is 0. The first kappa shape index (κ1) is 6.23. The third kappa shape index (κ3) is 1.82. The molecule has 1 aliphatic heterocycles. The first-order valence-corrected chi connectivity index (χ1v) is 3.17. The monoisotopic (exact) mass is 123 g/mol. The Hall–Kier alpha value is -0.890. The highest BCUT2D eigenvalue weighted by Crippen LogP contribution is 1.74. The summed E-state index contributed by atoms with van der Waals surface area (Å²) in [5.74, 6) is 0. The van der Waals surface area contributed by atoms with Crippen LogP contribution in [0.2, 0.25) is 0 Å². The Balaban J connectivity index is 2.36. The van der Waals surface area contributed by atoms with Gasteiger partial charge in [0.15, 0.2) is 0 Å². The zero-order chi connectivity index (χ0) is 6.53. The molecule has 0 fully saturated rings. The van der Waals surface area contributed by atoms with Crippen LogP contribution in [0.1, 0.15) is 13.3 Å². The second-order valence-electron chi connectivity index (χ2n) is 1.87. The van der Waals surface area contributed by atoms with Gasteiger partial charge in [-0.05, 0) is 12.5 Å². The van der Waals surface area contributed by atoms with Crippen molar-refractivity contribution >= 4 is 6.21 Å². The normalized spacial score (nSPS) is 24.3. The summed E-state index contributed by atoms with van der Waals surface area (Å²) in [5, 5.41) is 5.12. The molecule has 2 nitrogen and oxygen atoms in total. The standard InChI is InChI=1S/C7H10N2/c1-2-3-6-9-7-4-5-8-9/h3-7H,2H2,1H3/p+1. The highest BCUT2D eigenvalue weighted by atomic mass is 15.4. The average Bonchev–Trinajstić information content (AvgIpc) is 2.34. The van der Waals surface area contributed by atoms with Gasteiger partial charge in [0.2, 0.25) is 0 Å². The Morgan fingerprint density at radius 2 is 2.56 bits per heavy atom. The zero-order valence-corrected chi connectivity index (χ0v) is 5.54. The number of quaternary nitrogens is 1. The van der Waals surface area contributed by atoms with Crippen LogP contribution in [0.3, 0.4) is 0 Å². The van der Waals surface area contributed by atoms with E-state index in [9.17, 15) is 0 Å². The van der Waals surface area contributed by atoms with Crippen LogP contribution in [0.4, 0.5) is 0 Å². The predicted molar refractivity (Wildman–Crippen MR) is 38.0 cm³/mol. The topological polar surface area (TPSA) is 16.8 Å². The number of nitrogens with one attached hydrogen (secondary N) is 1. The van der Waals surface area contributed by atoms with Crippen molar-refractivity contribution in [3.05, 3.63) is 24.6 Å². The van der Waals surface area contributed by atoms with E-state index in [4.69, 9.17) is 0 Å². The number of rotatable bonds is 2. The van der Waals surface area contributed by atoms with Crippen LogP contribution in [0, 0.1) is 0 Å². The molecule has 1 N–H and O–H groups in total. The van der Waals surface area contributed by atoms with E-state index in [0.717, 1.165) is 11.4 Å². The van der Waals surface area contributed by atoms with Crippen molar-refractivity contribution in [3.8, 4) is 0 Å². The molecular formula is C7H11N2+. The number of allylic oxidation sites excluding steroid dienone is 2. The van der Waals surface area contributed by atoms with E-state index < -0.39 is 0 Å². The van der Waals surface area contributed by atoms with Crippen molar-refractivity contribution in [3.63, 3.8) is 0 Å². The summed E-state index contributed by atoms with van der Waals surface area (Å²) in [6.07, 6.45) is 10.9. The van der Waals surface area contributed by atoms with Crippen LogP contribution >= 0.6 is 0 Å². The van der Waals surface area contributed by atoms with Crippen LogP contribution in [-0.2, 0) is 0 Å². The fourth-order valence-electron chi connectivity index (χ4n) is 0.651. The molecule has 9 heavy (non-hydrogen) atoms. The van der Waals surface area contributed by atoms with E-state index in [2.05, 4.69) is 18.1 Å². The minimum absolute atomic E-state index is 1.05. The van der Waals surface area contributed by atoms with Crippen LogP contribution in [-0.4, -0.2) is 6.21 Å². The van der Waals surface area contributed by atoms with Crippen molar-refractivity contribution < 1.29 is 5.01 Å². The van der Waals surface area contributed by atoms with Gasteiger partial charge < -0.3 is 0 Å². The van der Waals surface area contributed by atoms with Gasteiger partial charge in [-0.25, -0.2) is 0 Å². The lowest BCUT2D eigenvalue weighted by Crippen LogP contribution is -2.96. The zero-order valence-electron chi connectivity index (χ0n) is 5.54. The Morgan fingerprint density at radius 3 is 3.11 bits per heavy atom. The van der Waals surface area contributed by atoms with E-state index >= 15 is 0 Å². The van der Waals surface area contributed by atoms with Crippen LogP contribution in [0.15, 0.2) is 29.7 Å². The molecule has 0 amide bonds. The predicted octanol–water partition coefficient (Wildman–Crippen LogP) is 0.308. The van der Waals surface area contributed by atoms with Gasteiger partial charge in [0.25, 0.3) is 0 Å². The molecule has 1 unspecified atom stereocenters. The van der Waals surface area contributed by atoms with Gasteiger partial charge in [-0.1, -0.05) is 12.0 Å². The fourth-order valence-corrected chi connectivity index (χ4v) is 0.651. The van der Waals surface area contributed by atoms with Gasteiger partial charge in [0, 0.05) is 6.08 Å². The summed E-state index contributed by atoms with van der Waals surface area (Å²) >= 11 is 0. The van der Waals surface area contributed by atoms with Gasteiger partial charge >= 0.3 is 0 Å². The van der Waals surface area contributed by atoms with Crippen LogP contribution in [0.25, 0.3) is 0 Å². The first-order chi connectivity index (χ1) is 4.43. The molecule has 2 heteroatoms. The molecule has 1 atom stereocenters. The molecule has 0 aromatic rings. The van der Waals surface area contributed by atoms with Gasteiger partial charge in [-0.3, -0.25) is 0 Å². The minimum Gasteiger partial charge on any atom is -0.157 e. The summed E-state index contributed by atoms with van der Waals surface area (Å²) in [6, 6.07) is 0. The van der Waals surface area contributed by atoms with Crippen molar-refractivity contribution in [2.24, 2.45) is 5.10 Å². The van der Waals surface area contributed by atoms with Gasteiger partial charge in [-0.2, -0.15) is 5.01 Å². The van der Waals surface area contributed by atoms with Crippen molar-refractivity contribution in [1.29, 1.82) is 0 Å². The molecule has 0 aromatic heterocycles. The average molecular weight is 123 g/mol. The maximum absolute atomic E-state index is 4.07. The molecule has 0 bridgehead atoms. The maximum Gasteiger partial charge on any atom is 0.127 e. The molecular weight excluding hydrogens is 112 g/mol. The second-order valence-corrected chi connectivity index (χ2v) is 1.87. The molecule has 0 saturated heterocycles. The Bertz CT molecular complexity index is 144. The van der Waals surface area contributed by atoms with E-state index in [0.29, 0.717) is 0 Å². The maximum atomic E-state index is 4.07. The third-order valence-electron chi connectivity index (χ3n) is 1.10. The highest BCUT2D eigenvalue weighted by Gasteiger charge is 1.97. The smallest absolute Gasteiger partial charge is 0.127 e.